The van der Waals surface area contributed by atoms with Gasteiger partial charge in [0.25, 0.3) is 0 Å². The Morgan fingerprint density at radius 1 is 0.439 bits per heavy atom. The largest absolute Gasteiger partial charge is 0.208 e. The second-order valence-electron chi connectivity index (χ2n) is 16.4. The smallest absolute Gasteiger partial charge is 0.164 e. The molecule has 1 heterocycles. The summed E-state index contributed by atoms with van der Waals surface area (Å²) in [4.78, 5) is 15.3. The topological polar surface area (TPSA) is 86.2 Å². The van der Waals surface area contributed by atoms with Crippen molar-refractivity contribution in [2.45, 2.75) is 51.4 Å². The molecule has 1 aromatic heterocycles. The van der Waals surface area contributed by atoms with E-state index in [1.807, 2.05) is 91.0 Å². The van der Waals surface area contributed by atoms with Gasteiger partial charge in [0.05, 0.1) is 23.3 Å². The molecule has 6 aromatic carbocycles. The van der Waals surface area contributed by atoms with Crippen molar-refractivity contribution in [2.24, 2.45) is 17.8 Å². The highest BCUT2D eigenvalue weighted by molar-refractivity contribution is 5.81. The van der Waals surface area contributed by atoms with Crippen molar-refractivity contribution < 1.29 is 0 Å². The summed E-state index contributed by atoms with van der Waals surface area (Å²) in [7, 11) is 0. The van der Waals surface area contributed by atoms with Crippen molar-refractivity contribution in [3.63, 3.8) is 0 Å². The monoisotopic (exact) mass is 737 g/mol. The van der Waals surface area contributed by atoms with Crippen molar-refractivity contribution in [1.29, 1.82) is 10.5 Å². The van der Waals surface area contributed by atoms with E-state index in [0.29, 0.717) is 28.6 Å². The van der Waals surface area contributed by atoms with Gasteiger partial charge in [0, 0.05) is 16.7 Å². The van der Waals surface area contributed by atoms with Crippen LogP contribution in [0.1, 0.15) is 62.6 Å². The molecule has 0 saturated heterocycles. The lowest BCUT2D eigenvalue weighted by atomic mass is 9.54. The predicted octanol–water partition coefficient (Wildman–Crippen LogP) is 12.7. The highest BCUT2D eigenvalue weighted by Gasteiger charge is 2.45. The molecule has 0 radical (unpaired) electrons. The molecule has 5 heteroatoms. The third-order valence-electron chi connectivity index (χ3n) is 12.1. The van der Waals surface area contributed by atoms with E-state index in [1.165, 1.54) is 37.7 Å². The van der Waals surface area contributed by atoms with Crippen LogP contribution in [0.2, 0.25) is 0 Å². The summed E-state index contributed by atoms with van der Waals surface area (Å²) in [6.07, 6.45) is 6.58. The number of hydrogen-bond donors (Lipinski definition) is 0. The Balaban J connectivity index is 1.17. The van der Waals surface area contributed by atoms with E-state index in [-0.39, 0.29) is 5.41 Å². The molecule has 2 aliphatic carbocycles. The van der Waals surface area contributed by atoms with E-state index < -0.39 is 0 Å². The van der Waals surface area contributed by atoms with Crippen LogP contribution in [-0.4, -0.2) is 15.0 Å². The quantitative estimate of drug-likeness (QED) is 0.163. The molecule has 2 fully saturated rings. The third kappa shape index (κ3) is 7.38. The summed E-state index contributed by atoms with van der Waals surface area (Å²) in [5, 5.41) is 18.9. The summed E-state index contributed by atoms with van der Waals surface area (Å²) in [5.41, 5.74) is 11.9. The third-order valence-corrected chi connectivity index (χ3v) is 12.1. The van der Waals surface area contributed by atoms with Gasteiger partial charge in [-0.05, 0) is 143 Å². The van der Waals surface area contributed by atoms with E-state index in [9.17, 15) is 10.5 Å². The van der Waals surface area contributed by atoms with Crippen LogP contribution in [0.25, 0.3) is 67.5 Å². The Kier molecular flexibility index (Phi) is 9.53. The minimum absolute atomic E-state index is 0.264. The van der Waals surface area contributed by atoms with E-state index in [1.54, 1.807) is 0 Å². The lowest BCUT2D eigenvalue weighted by molar-refractivity contribution is 0.0780. The molecule has 9 rings (SSSR count). The van der Waals surface area contributed by atoms with Crippen molar-refractivity contribution in [2.75, 3.05) is 0 Å². The second-order valence-corrected chi connectivity index (χ2v) is 16.4. The number of rotatable bonds is 7. The van der Waals surface area contributed by atoms with Crippen LogP contribution in [-0.2, 0) is 5.41 Å². The second kappa shape index (κ2) is 15.1. The summed E-state index contributed by atoms with van der Waals surface area (Å²) in [5.74, 6) is 4.08. The van der Waals surface area contributed by atoms with E-state index in [0.717, 1.165) is 67.8 Å². The number of nitrogens with zero attached hydrogens (tertiary/aromatic N) is 5. The standard InChI is InChI=1S/C52H43N5/c1-34-23-38-24-35(2)30-52(29-34,31-38)48-21-19-41(20-22-48)46-26-45(40-17-13-37(33-54)14-18-40)27-47(28-46)51-56-49(42-7-4-3-5-8-42)55-50(57-51)44-10-6-9-43(25-44)39-15-11-36(32-53)12-16-39/h3-22,25-28,34-35,38H,23-24,29-31H2,1-2H3/t34-,35+,38-,52?. The molecule has 0 spiro atoms. The van der Waals surface area contributed by atoms with Gasteiger partial charge in [0.2, 0.25) is 0 Å². The Hall–Kier alpha value is -6.69. The molecule has 0 amide bonds. The zero-order chi connectivity index (χ0) is 38.9. The first-order valence-electron chi connectivity index (χ1n) is 20.0. The summed E-state index contributed by atoms with van der Waals surface area (Å²) < 4.78 is 0. The molecule has 2 saturated carbocycles. The van der Waals surface area contributed by atoms with Crippen LogP contribution in [0.4, 0.5) is 0 Å². The number of benzene rings is 6. The van der Waals surface area contributed by atoms with Gasteiger partial charge in [0.15, 0.2) is 17.5 Å². The molecule has 7 aromatic rings. The number of fused-ring (bicyclic) bond motifs is 2. The molecule has 1 unspecified atom stereocenters. The maximum absolute atomic E-state index is 9.54. The summed E-state index contributed by atoms with van der Waals surface area (Å²) in [6.45, 7) is 4.90. The minimum Gasteiger partial charge on any atom is -0.208 e. The number of nitriles is 2. The van der Waals surface area contributed by atoms with E-state index in [4.69, 9.17) is 15.0 Å². The fourth-order valence-electron chi connectivity index (χ4n) is 9.83. The summed E-state index contributed by atoms with van der Waals surface area (Å²) >= 11 is 0. The first kappa shape index (κ1) is 36.0. The van der Waals surface area contributed by atoms with Gasteiger partial charge in [-0.3, -0.25) is 0 Å². The first-order valence-corrected chi connectivity index (χ1v) is 20.0. The highest BCUT2D eigenvalue weighted by atomic mass is 15.0. The molecule has 4 atom stereocenters. The van der Waals surface area contributed by atoms with Crippen molar-refractivity contribution in [3.8, 4) is 79.7 Å². The molecule has 5 nitrogen and oxygen atoms in total. The molecule has 276 valence electrons. The highest BCUT2D eigenvalue weighted by Crippen LogP contribution is 2.54. The van der Waals surface area contributed by atoms with E-state index in [2.05, 4.69) is 80.6 Å². The molecule has 0 N–H and O–H groups in total. The molecule has 0 aliphatic heterocycles. The summed E-state index contributed by atoms with van der Waals surface area (Å²) in [6, 6.07) is 54.1. The van der Waals surface area contributed by atoms with Gasteiger partial charge in [0.1, 0.15) is 0 Å². The van der Waals surface area contributed by atoms with Gasteiger partial charge < -0.3 is 0 Å². The van der Waals surface area contributed by atoms with Crippen molar-refractivity contribution in [3.05, 3.63) is 162 Å². The average Bonchev–Trinajstić information content (AvgIpc) is 3.26. The normalized spacial score (nSPS) is 20.0. The van der Waals surface area contributed by atoms with Crippen LogP contribution < -0.4 is 0 Å². The predicted molar refractivity (Wildman–Crippen MR) is 228 cm³/mol. The van der Waals surface area contributed by atoms with Crippen LogP contribution in [0.15, 0.2) is 146 Å². The molecule has 2 bridgehead atoms. The van der Waals surface area contributed by atoms with E-state index >= 15 is 0 Å². The van der Waals surface area contributed by atoms with Gasteiger partial charge in [-0.25, -0.2) is 15.0 Å². The zero-order valence-corrected chi connectivity index (χ0v) is 32.4. The lowest BCUT2D eigenvalue weighted by Crippen LogP contribution is -2.42. The minimum atomic E-state index is 0.264. The number of hydrogen-bond acceptors (Lipinski definition) is 5. The average molecular weight is 738 g/mol. The van der Waals surface area contributed by atoms with Crippen LogP contribution in [0, 0.1) is 40.4 Å². The lowest BCUT2D eigenvalue weighted by Gasteiger charge is -2.50. The van der Waals surface area contributed by atoms with Gasteiger partial charge in [-0.15, -0.1) is 0 Å². The fourth-order valence-corrected chi connectivity index (χ4v) is 9.83. The zero-order valence-electron chi connectivity index (χ0n) is 32.4. The fraction of sp³-hybridized carbons (Fsp3) is 0.212. The van der Waals surface area contributed by atoms with Crippen LogP contribution in [0.3, 0.4) is 0 Å². The molecular weight excluding hydrogens is 695 g/mol. The van der Waals surface area contributed by atoms with Gasteiger partial charge >= 0.3 is 0 Å². The maximum atomic E-state index is 9.54. The Morgan fingerprint density at radius 3 is 1.44 bits per heavy atom. The van der Waals surface area contributed by atoms with Crippen LogP contribution >= 0.6 is 0 Å². The number of aromatic nitrogens is 3. The SMILES string of the molecule is C[C@@H]1C[C@@H]2C[C@H](C)CC(c3ccc(-c4cc(-c5ccc(C#N)cc5)cc(-c5nc(-c6ccccc6)nc(-c6cccc(-c7ccc(C#N)cc7)c6)n5)c4)cc3)(C1)C2. The Morgan fingerprint density at radius 2 is 0.877 bits per heavy atom. The molecular formula is C52H43N5. The Labute approximate surface area is 335 Å². The van der Waals surface area contributed by atoms with Crippen LogP contribution in [0.5, 0.6) is 0 Å². The van der Waals surface area contributed by atoms with Crippen molar-refractivity contribution in [1.82, 2.24) is 15.0 Å². The van der Waals surface area contributed by atoms with Crippen molar-refractivity contribution >= 4 is 0 Å². The van der Waals surface area contributed by atoms with Gasteiger partial charge in [-0.2, -0.15) is 10.5 Å². The molecule has 57 heavy (non-hydrogen) atoms. The first-order chi connectivity index (χ1) is 27.8. The van der Waals surface area contributed by atoms with Gasteiger partial charge in [-0.1, -0.05) is 111 Å². The Bertz CT molecular complexity index is 2630. The molecule has 2 aliphatic rings. The maximum Gasteiger partial charge on any atom is 0.164 e.